The van der Waals surface area contributed by atoms with E-state index in [4.69, 9.17) is 21.6 Å². The summed E-state index contributed by atoms with van der Waals surface area (Å²) in [5.74, 6) is 0.856. The minimum atomic E-state index is -0.0336. The van der Waals surface area contributed by atoms with Gasteiger partial charge in [-0.15, -0.1) is 0 Å². The number of aromatic nitrogens is 3. The standard InChI is InChI=1S/C30H26ClN5O/c1-21-9-5-8-14-26(21)36-19-24(22-10-3-2-4-11-22)27-28(32-20-33-29(27)36)34-15-17-35(18-16-34)30(37)23-12-6-7-13-25(23)31/h2-14,19-20H,15-18H2,1H3. The first-order chi connectivity index (χ1) is 18.1. The number of hydrogen-bond donors (Lipinski definition) is 0. The molecule has 6 nitrogen and oxygen atoms in total. The zero-order valence-electron chi connectivity index (χ0n) is 20.5. The lowest BCUT2D eigenvalue weighted by Gasteiger charge is -2.36. The number of halogens is 1. The van der Waals surface area contributed by atoms with E-state index in [9.17, 15) is 4.79 Å². The summed E-state index contributed by atoms with van der Waals surface area (Å²) >= 11 is 6.29. The van der Waals surface area contributed by atoms with Crippen LogP contribution in [0.25, 0.3) is 27.8 Å². The lowest BCUT2D eigenvalue weighted by atomic mass is 10.1. The van der Waals surface area contributed by atoms with Crippen LogP contribution in [0.2, 0.25) is 5.02 Å². The van der Waals surface area contributed by atoms with Crippen LogP contribution < -0.4 is 4.90 Å². The van der Waals surface area contributed by atoms with Crippen LogP contribution in [-0.4, -0.2) is 51.5 Å². The van der Waals surface area contributed by atoms with Crippen molar-refractivity contribution in [1.82, 2.24) is 19.4 Å². The van der Waals surface area contributed by atoms with E-state index >= 15 is 0 Å². The Bertz CT molecular complexity index is 1590. The second-order valence-corrected chi connectivity index (χ2v) is 9.63. The lowest BCUT2D eigenvalue weighted by molar-refractivity contribution is 0.0747. The molecule has 0 bridgehead atoms. The minimum Gasteiger partial charge on any atom is -0.352 e. The minimum absolute atomic E-state index is 0.0336. The fourth-order valence-electron chi connectivity index (χ4n) is 5.07. The molecule has 5 aromatic rings. The molecule has 0 atom stereocenters. The number of hydrogen-bond acceptors (Lipinski definition) is 4. The Labute approximate surface area is 220 Å². The van der Waals surface area contributed by atoms with Gasteiger partial charge in [0.1, 0.15) is 12.1 Å². The second-order valence-electron chi connectivity index (χ2n) is 9.22. The third-order valence-corrected chi connectivity index (χ3v) is 7.32. The van der Waals surface area contributed by atoms with Gasteiger partial charge in [-0.25, -0.2) is 9.97 Å². The summed E-state index contributed by atoms with van der Waals surface area (Å²) in [5.41, 5.74) is 5.88. The van der Waals surface area contributed by atoms with Crippen molar-refractivity contribution < 1.29 is 4.79 Å². The van der Waals surface area contributed by atoms with Crippen LogP contribution in [0.3, 0.4) is 0 Å². The Balaban J connectivity index is 1.39. The summed E-state index contributed by atoms with van der Waals surface area (Å²) < 4.78 is 2.16. The van der Waals surface area contributed by atoms with Crippen molar-refractivity contribution in [3.05, 3.63) is 108 Å². The quantitative estimate of drug-likeness (QED) is 0.299. The fraction of sp³-hybridized carbons (Fsp3) is 0.167. The highest BCUT2D eigenvalue weighted by molar-refractivity contribution is 6.33. The lowest BCUT2D eigenvalue weighted by Crippen LogP contribution is -2.49. The van der Waals surface area contributed by atoms with Crippen LogP contribution in [0.1, 0.15) is 15.9 Å². The van der Waals surface area contributed by atoms with E-state index < -0.39 is 0 Å². The molecular formula is C30H26ClN5O. The van der Waals surface area contributed by atoms with Gasteiger partial charge >= 0.3 is 0 Å². The first-order valence-corrected chi connectivity index (χ1v) is 12.8. The molecule has 7 heteroatoms. The third kappa shape index (κ3) is 4.23. The molecule has 0 saturated carbocycles. The number of aryl methyl sites for hydroxylation is 1. The average Bonchev–Trinajstić information content (AvgIpc) is 3.34. The Morgan fingerprint density at radius 2 is 1.54 bits per heavy atom. The number of carbonyl (C=O) groups is 1. The predicted molar refractivity (Wildman–Crippen MR) is 149 cm³/mol. The monoisotopic (exact) mass is 507 g/mol. The number of piperazine rings is 1. The summed E-state index contributed by atoms with van der Waals surface area (Å²) in [6.07, 6.45) is 3.81. The number of rotatable bonds is 4. The molecule has 184 valence electrons. The van der Waals surface area contributed by atoms with E-state index in [1.165, 1.54) is 5.56 Å². The van der Waals surface area contributed by atoms with Crippen molar-refractivity contribution in [3.8, 4) is 16.8 Å². The van der Waals surface area contributed by atoms with Gasteiger partial charge in [0.05, 0.1) is 16.0 Å². The Morgan fingerprint density at radius 3 is 2.30 bits per heavy atom. The van der Waals surface area contributed by atoms with E-state index in [0.717, 1.165) is 33.7 Å². The van der Waals surface area contributed by atoms with E-state index in [1.54, 1.807) is 18.5 Å². The highest BCUT2D eigenvalue weighted by Gasteiger charge is 2.27. The van der Waals surface area contributed by atoms with Gasteiger partial charge in [-0.2, -0.15) is 0 Å². The maximum absolute atomic E-state index is 13.1. The van der Waals surface area contributed by atoms with Crippen molar-refractivity contribution in [2.75, 3.05) is 31.1 Å². The Morgan fingerprint density at radius 1 is 0.838 bits per heavy atom. The maximum atomic E-state index is 13.1. The second kappa shape index (κ2) is 9.71. The number of fused-ring (bicyclic) bond motifs is 1. The summed E-state index contributed by atoms with van der Waals surface area (Å²) in [5, 5.41) is 1.50. The number of para-hydroxylation sites is 1. The van der Waals surface area contributed by atoms with Gasteiger partial charge in [0.15, 0.2) is 5.65 Å². The van der Waals surface area contributed by atoms with Crippen LogP contribution in [0.4, 0.5) is 5.82 Å². The molecule has 0 spiro atoms. The number of nitrogens with zero attached hydrogens (tertiary/aromatic N) is 5. The number of anilines is 1. The Hall–Kier alpha value is -4.16. The molecule has 3 heterocycles. The number of benzene rings is 3. The summed E-state index contributed by atoms with van der Waals surface area (Å²) in [6.45, 7) is 4.64. The zero-order chi connectivity index (χ0) is 25.4. The van der Waals surface area contributed by atoms with Crippen LogP contribution >= 0.6 is 11.6 Å². The van der Waals surface area contributed by atoms with Gasteiger partial charge in [0, 0.05) is 43.6 Å². The molecular weight excluding hydrogens is 482 g/mol. The number of carbonyl (C=O) groups excluding carboxylic acids is 1. The Kier molecular flexibility index (Phi) is 6.10. The van der Waals surface area contributed by atoms with E-state index in [1.807, 2.05) is 35.2 Å². The third-order valence-electron chi connectivity index (χ3n) is 6.99. The molecule has 1 amide bonds. The van der Waals surface area contributed by atoms with Gasteiger partial charge in [-0.1, -0.05) is 72.3 Å². The van der Waals surface area contributed by atoms with Crippen molar-refractivity contribution in [1.29, 1.82) is 0 Å². The van der Waals surface area contributed by atoms with Gasteiger partial charge in [-0.05, 0) is 36.2 Å². The molecule has 1 aliphatic heterocycles. The normalized spacial score (nSPS) is 13.8. The van der Waals surface area contributed by atoms with Gasteiger partial charge in [0.2, 0.25) is 0 Å². The zero-order valence-corrected chi connectivity index (χ0v) is 21.3. The first kappa shape index (κ1) is 23.3. The van der Waals surface area contributed by atoms with Gasteiger partial charge in [0.25, 0.3) is 5.91 Å². The largest absolute Gasteiger partial charge is 0.352 e. The van der Waals surface area contributed by atoms with Crippen LogP contribution in [-0.2, 0) is 0 Å². The molecule has 0 N–H and O–H groups in total. The van der Waals surface area contributed by atoms with Crippen LogP contribution in [0, 0.1) is 6.92 Å². The molecule has 1 fully saturated rings. The van der Waals surface area contributed by atoms with Gasteiger partial charge < -0.3 is 14.4 Å². The molecule has 37 heavy (non-hydrogen) atoms. The van der Waals surface area contributed by atoms with Crippen LogP contribution in [0.15, 0.2) is 91.4 Å². The molecule has 0 unspecified atom stereocenters. The fourth-order valence-corrected chi connectivity index (χ4v) is 5.28. The van der Waals surface area contributed by atoms with Crippen molar-refractivity contribution in [2.45, 2.75) is 6.92 Å². The highest BCUT2D eigenvalue weighted by atomic mass is 35.5. The summed E-state index contributed by atoms with van der Waals surface area (Å²) in [7, 11) is 0. The summed E-state index contributed by atoms with van der Waals surface area (Å²) in [4.78, 5) is 26.7. The van der Waals surface area contributed by atoms with E-state index in [-0.39, 0.29) is 5.91 Å². The summed E-state index contributed by atoms with van der Waals surface area (Å²) in [6, 6.07) is 25.9. The number of amides is 1. The SMILES string of the molecule is Cc1ccccc1-n1cc(-c2ccccc2)c2c(N3CCN(C(=O)c4ccccc4Cl)CC3)ncnc21. The molecule has 0 aliphatic carbocycles. The average molecular weight is 508 g/mol. The molecule has 2 aromatic heterocycles. The van der Waals surface area contributed by atoms with Crippen molar-refractivity contribution >= 4 is 34.4 Å². The highest BCUT2D eigenvalue weighted by Crippen LogP contribution is 2.37. The topological polar surface area (TPSA) is 54.3 Å². The molecule has 1 saturated heterocycles. The molecule has 3 aromatic carbocycles. The predicted octanol–water partition coefficient (Wildman–Crippen LogP) is 6.01. The van der Waals surface area contributed by atoms with Crippen LogP contribution in [0.5, 0.6) is 0 Å². The van der Waals surface area contributed by atoms with Crippen molar-refractivity contribution in [3.63, 3.8) is 0 Å². The maximum Gasteiger partial charge on any atom is 0.255 e. The smallest absolute Gasteiger partial charge is 0.255 e. The van der Waals surface area contributed by atoms with Gasteiger partial charge in [-0.3, -0.25) is 4.79 Å². The molecule has 0 radical (unpaired) electrons. The van der Waals surface area contributed by atoms with E-state index in [2.05, 4.69) is 59.0 Å². The first-order valence-electron chi connectivity index (χ1n) is 12.4. The van der Waals surface area contributed by atoms with E-state index in [0.29, 0.717) is 36.8 Å². The van der Waals surface area contributed by atoms with Crippen molar-refractivity contribution in [2.24, 2.45) is 0 Å². The molecule has 1 aliphatic rings. The molecule has 6 rings (SSSR count).